The Morgan fingerprint density at radius 3 is 3.05 bits per heavy atom. The van der Waals surface area contributed by atoms with E-state index in [1.807, 2.05) is 13.8 Å². The number of nitrogens with zero attached hydrogens (tertiary/aromatic N) is 3. The molecule has 0 spiro atoms. The van der Waals surface area contributed by atoms with Gasteiger partial charge in [0.25, 0.3) is 0 Å². The molecule has 1 fully saturated rings. The van der Waals surface area contributed by atoms with E-state index in [0.717, 1.165) is 6.54 Å². The Morgan fingerprint density at radius 1 is 1.58 bits per heavy atom. The topological polar surface area (TPSA) is 87.6 Å². The van der Waals surface area contributed by atoms with Crippen LogP contribution in [0.15, 0.2) is 12.4 Å². The first-order valence-corrected chi connectivity index (χ1v) is 6.27. The minimum atomic E-state index is -0.864. The molecule has 1 aromatic heterocycles. The zero-order valence-electron chi connectivity index (χ0n) is 11.0. The zero-order valence-corrected chi connectivity index (χ0v) is 11.0. The van der Waals surface area contributed by atoms with Gasteiger partial charge >= 0.3 is 5.97 Å². The second-order valence-electron chi connectivity index (χ2n) is 4.63. The molecule has 1 unspecified atom stereocenters. The Labute approximate surface area is 111 Å². The molecule has 0 aromatic carbocycles. The minimum Gasteiger partial charge on any atom is -0.480 e. The number of carboxylic acid groups (broad SMARTS) is 1. The van der Waals surface area contributed by atoms with Crippen molar-refractivity contribution < 1.29 is 14.6 Å². The van der Waals surface area contributed by atoms with Gasteiger partial charge in [0.1, 0.15) is 18.2 Å². The van der Waals surface area contributed by atoms with Crippen molar-refractivity contribution >= 4 is 11.8 Å². The fraction of sp³-hybridized carbons (Fsp3) is 0.583. The third-order valence-corrected chi connectivity index (χ3v) is 2.81. The zero-order chi connectivity index (χ0) is 13.8. The number of hydrogen-bond donors (Lipinski definition) is 2. The summed E-state index contributed by atoms with van der Waals surface area (Å²) >= 11 is 0. The molecule has 0 amide bonds. The number of aromatic nitrogens is 2. The lowest BCUT2D eigenvalue weighted by Crippen LogP contribution is -2.55. The van der Waals surface area contributed by atoms with E-state index < -0.39 is 12.0 Å². The molecule has 7 heteroatoms. The molecule has 0 radical (unpaired) electrons. The number of carboxylic acids is 1. The van der Waals surface area contributed by atoms with Crippen LogP contribution in [0.25, 0.3) is 0 Å². The van der Waals surface area contributed by atoms with E-state index in [0.29, 0.717) is 24.8 Å². The fourth-order valence-corrected chi connectivity index (χ4v) is 1.99. The van der Waals surface area contributed by atoms with Gasteiger partial charge in [0.05, 0.1) is 6.10 Å². The van der Waals surface area contributed by atoms with Crippen molar-refractivity contribution in [2.75, 3.05) is 24.5 Å². The number of aliphatic carboxylic acids is 1. The molecule has 2 heterocycles. The van der Waals surface area contributed by atoms with Crippen LogP contribution in [-0.2, 0) is 4.79 Å². The normalized spacial score (nSPS) is 19.5. The average molecular weight is 266 g/mol. The highest BCUT2D eigenvalue weighted by Gasteiger charge is 2.29. The molecule has 0 aliphatic carbocycles. The smallest absolute Gasteiger partial charge is 0.327 e. The number of anilines is 1. The van der Waals surface area contributed by atoms with Gasteiger partial charge in [-0.15, -0.1) is 0 Å². The number of nitrogens with one attached hydrogen (secondary N) is 1. The highest BCUT2D eigenvalue weighted by molar-refractivity contribution is 5.78. The average Bonchev–Trinajstić information content (AvgIpc) is 2.38. The van der Waals surface area contributed by atoms with Gasteiger partial charge in [-0.05, 0) is 13.8 Å². The van der Waals surface area contributed by atoms with Gasteiger partial charge in [-0.2, -0.15) is 0 Å². The first kappa shape index (κ1) is 13.5. The van der Waals surface area contributed by atoms with Gasteiger partial charge in [0, 0.05) is 25.7 Å². The van der Waals surface area contributed by atoms with E-state index in [1.54, 1.807) is 11.0 Å². The van der Waals surface area contributed by atoms with Crippen LogP contribution in [0.3, 0.4) is 0 Å². The Balaban J connectivity index is 2.21. The number of carbonyl (C=O) groups is 1. The summed E-state index contributed by atoms with van der Waals surface area (Å²) in [6.45, 7) is 5.54. The van der Waals surface area contributed by atoms with Crippen LogP contribution in [0.4, 0.5) is 5.82 Å². The van der Waals surface area contributed by atoms with Gasteiger partial charge in [0.15, 0.2) is 0 Å². The van der Waals surface area contributed by atoms with Gasteiger partial charge < -0.3 is 20.1 Å². The van der Waals surface area contributed by atoms with Gasteiger partial charge in [-0.3, -0.25) is 0 Å². The summed E-state index contributed by atoms with van der Waals surface area (Å²) in [6.07, 6.45) is 1.41. The standard InChI is InChI=1S/C12H18N4O3/c1-8(2)19-11-5-10(14-7-15-11)16-4-3-13-6-9(16)12(17)18/h5,7-9,13H,3-4,6H2,1-2H3,(H,17,18). The van der Waals surface area contributed by atoms with Crippen molar-refractivity contribution in [1.82, 2.24) is 15.3 Å². The van der Waals surface area contributed by atoms with Crippen molar-refractivity contribution in [1.29, 1.82) is 0 Å². The lowest BCUT2D eigenvalue weighted by molar-refractivity contribution is -0.138. The summed E-state index contributed by atoms with van der Waals surface area (Å²) < 4.78 is 5.50. The predicted octanol–water partition coefficient (Wildman–Crippen LogP) is 0.127. The Hall–Kier alpha value is -1.89. The molecule has 1 atom stereocenters. The largest absolute Gasteiger partial charge is 0.480 e. The van der Waals surface area contributed by atoms with E-state index in [2.05, 4.69) is 15.3 Å². The molecule has 0 saturated carbocycles. The van der Waals surface area contributed by atoms with E-state index in [9.17, 15) is 9.90 Å². The first-order valence-electron chi connectivity index (χ1n) is 6.27. The Morgan fingerprint density at radius 2 is 2.37 bits per heavy atom. The lowest BCUT2D eigenvalue weighted by Gasteiger charge is -2.34. The molecular formula is C12H18N4O3. The summed E-state index contributed by atoms with van der Waals surface area (Å²) in [5, 5.41) is 12.3. The Kier molecular flexibility index (Phi) is 4.16. The maximum Gasteiger partial charge on any atom is 0.327 e. The molecule has 7 nitrogen and oxygen atoms in total. The monoisotopic (exact) mass is 266 g/mol. The molecule has 1 saturated heterocycles. The van der Waals surface area contributed by atoms with Crippen LogP contribution < -0.4 is 15.0 Å². The number of rotatable bonds is 4. The molecule has 19 heavy (non-hydrogen) atoms. The van der Waals surface area contributed by atoms with Crippen molar-refractivity contribution in [2.45, 2.75) is 26.0 Å². The molecule has 1 aliphatic rings. The van der Waals surface area contributed by atoms with Crippen LogP contribution in [0.5, 0.6) is 5.88 Å². The van der Waals surface area contributed by atoms with Crippen molar-refractivity contribution in [3.05, 3.63) is 12.4 Å². The third kappa shape index (κ3) is 3.31. The van der Waals surface area contributed by atoms with Gasteiger partial charge in [-0.1, -0.05) is 0 Å². The number of hydrogen-bond acceptors (Lipinski definition) is 6. The minimum absolute atomic E-state index is 0.0149. The summed E-state index contributed by atoms with van der Waals surface area (Å²) in [5.74, 6) is 0.180. The van der Waals surface area contributed by atoms with E-state index in [1.165, 1.54) is 6.33 Å². The van der Waals surface area contributed by atoms with Crippen LogP contribution in [-0.4, -0.2) is 52.8 Å². The molecular weight excluding hydrogens is 248 g/mol. The molecule has 2 N–H and O–H groups in total. The summed E-state index contributed by atoms with van der Waals surface area (Å²) in [4.78, 5) is 21.2. The summed E-state index contributed by atoms with van der Waals surface area (Å²) in [6, 6.07) is 1.07. The van der Waals surface area contributed by atoms with Crippen LogP contribution in [0, 0.1) is 0 Å². The molecule has 104 valence electrons. The van der Waals surface area contributed by atoms with Crippen molar-refractivity contribution in [3.8, 4) is 5.88 Å². The van der Waals surface area contributed by atoms with E-state index in [-0.39, 0.29) is 6.10 Å². The Bertz CT molecular complexity index is 452. The van der Waals surface area contributed by atoms with Crippen molar-refractivity contribution in [2.24, 2.45) is 0 Å². The summed E-state index contributed by atoms with van der Waals surface area (Å²) in [5.41, 5.74) is 0. The van der Waals surface area contributed by atoms with Crippen LogP contribution in [0.1, 0.15) is 13.8 Å². The van der Waals surface area contributed by atoms with Gasteiger partial charge in [0.2, 0.25) is 5.88 Å². The third-order valence-electron chi connectivity index (χ3n) is 2.81. The molecule has 2 rings (SSSR count). The molecule has 0 bridgehead atoms. The van der Waals surface area contributed by atoms with E-state index in [4.69, 9.17) is 4.74 Å². The summed E-state index contributed by atoms with van der Waals surface area (Å²) in [7, 11) is 0. The molecule has 1 aliphatic heterocycles. The molecule has 1 aromatic rings. The second kappa shape index (κ2) is 5.83. The highest BCUT2D eigenvalue weighted by atomic mass is 16.5. The first-order chi connectivity index (χ1) is 9.08. The maximum atomic E-state index is 11.2. The maximum absolute atomic E-state index is 11.2. The van der Waals surface area contributed by atoms with Crippen LogP contribution >= 0.6 is 0 Å². The fourth-order valence-electron chi connectivity index (χ4n) is 1.99. The predicted molar refractivity (Wildman–Crippen MR) is 69.4 cm³/mol. The van der Waals surface area contributed by atoms with Crippen LogP contribution in [0.2, 0.25) is 0 Å². The van der Waals surface area contributed by atoms with Gasteiger partial charge in [-0.25, -0.2) is 14.8 Å². The number of piperazine rings is 1. The quantitative estimate of drug-likeness (QED) is 0.800. The lowest BCUT2D eigenvalue weighted by atomic mass is 10.2. The highest BCUT2D eigenvalue weighted by Crippen LogP contribution is 2.19. The second-order valence-corrected chi connectivity index (χ2v) is 4.63. The number of ether oxygens (including phenoxy) is 1. The van der Waals surface area contributed by atoms with Crippen molar-refractivity contribution in [3.63, 3.8) is 0 Å². The SMILES string of the molecule is CC(C)Oc1cc(N2CCNCC2C(=O)O)ncn1. The van der Waals surface area contributed by atoms with E-state index >= 15 is 0 Å².